The molecule has 2 rings (SSSR count). The lowest BCUT2D eigenvalue weighted by Gasteiger charge is -2.10. The fraction of sp³-hybridized carbons (Fsp3) is 0.455. The molecular formula is C11H14FNO. The van der Waals surface area contributed by atoms with Crippen LogP contribution in [-0.2, 0) is 0 Å². The zero-order chi connectivity index (χ0) is 9.80. The molecule has 1 N–H and O–H groups in total. The van der Waals surface area contributed by atoms with Crippen molar-refractivity contribution in [3.05, 3.63) is 30.1 Å². The van der Waals surface area contributed by atoms with Gasteiger partial charge in [0.15, 0.2) is 0 Å². The lowest BCUT2D eigenvalue weighted by atomic mass is 10.1. The molecule has 1 aliphatic heterocycles. The summed E-state index contributed by atoms with van der Waals surface area (Å²) >= 11 is 0. The average Bonchev–Trinajstić information content (AvgIpc) is 2.70. The van der Waals surface area contributed by atoms with E-state index < -0.39 is 0 Å². The normalized spacial score (nSPS) is 21.1. The molecule has 1 saturated heterocycles. The first-order chi connectivity index (χ1) is 6.84. The van der Waals surface area contributed by atoms with E-state index in [2.05, 4.69) is 5.32 Å². The van der Waals surface area contributed by atoms with Crippen molar-refractivity contribution in [2.45, 2.75) is 6.42 Å². The van der Waals surface area contributed by atoms with Gasteiger partial charge in [0, 0.05) is 12.5 Å². The summed E-state index contributed by atoms with van der Waals surface area (Å²) in [5, 5.41) is 3.28. The van der Waals surface area contributed by atoms with Crippen LogP contribution in [0.5, 0.6) is 5.75 Å². The maximum atomic E-state index is 12.6. The van der Waals surface area contributed by atoms with Gasteiger partial charge in [-0.15, -0.1) is 0 Å². The molecule has 1 aromatic rings. The first kappa shape index (κ1) is 9.46. The maximum Gasteiger partial charge on any atom is 0.123 e. The number of benzene rings is 1. The molecule has 0 radical (unpaired) electrons. The van der Waals surface area contributed by atoms with E-state index in [1.165, 1.54) is 18.6 Å². The summed E-state index contributed by atoms with van der Waals surface area (Å²) in [4.78, 5) is 0. The largest absolute Gasteiger partial charge is 0.493 e. The van der Waals surface area contributed by atoms with Crippen LogP contribution in [0.3, 0.4) is 0 Å². The third-order valence-electron chi connectivity index (χ3n) is 2.46. The quantitative estimate of drug-likeness (QED) is 0.794. The van der Waals surface area contributed by atoms with Gasteiger partial charge in [0.05, 0.1) is 6.61 Å². The Bertz CT molecular complexity index is 280. The van der Waals surface area contributed by atoms with E-state index in [1.54, 1.807) is 12.1 Å². The van der Waals surface area contributed by atoms with Crippen molar-refractivity contribution < 1.29 is 9.13 Å². The second kappa shape index (κ2) is 4.42. The molecule has 0 unspecified atom stereocenters. The highest BCUT2D eigenvalue weighted by Crippen LogP contribution is 2.14. The van der Waals surface area contributed by atoms with Crippen LogP contribution in [0.15, 0.2) is 24.3 Å². The van der Waals surface area contributed by atoms with E-state index in [0.29, 0.717) is 5.92 Å². The lowest BCUT2D eigenvalue weighted by Crippen LogP contribution is -2.15. The molecule has 3 heteroatoms. The highest BCUT2D eigenvalue weighted by Gasteiger charge is 2.14. The van der Waals surface area contributed by atoms with Gasteiger partial charge >= 0.3 is 0 Å². The molecule has 0 aromatic heterocycles. The summed E-state index contributed by atoms with van der Waals surface area (Å²) in [6.07, 6.45) is 1.17. The molecule has 0 saturated carbocycles. The third kappa shape index (κ3) is 2.45. The highest BCUT2D eigenvalue weighted by molar-refractivity contribution is 5.22. The predicted molar refractivity (Wildman–Crippen MR) is 52.9 cm³/mol. The monoisotopic (exact) mass is 195 g/mol. The van der Waals surface area contributed by atoms with Gasteiger partial charge in [-0.25, -0.2) is 4.39 Å². The summed E-state index contributed by atoms with van der Waals surface area (Å²) < 4.78 is 18.1. The number of ether oxygens (including phenoxy) is 1. The Morgan fingerprint density at radius 2 is 2.14 bits per heavy atom. The van der Waals surface area contributed by atoms with Gasteiger partial charge in [-0.2, -0.15) is 0 Å². The number of hydrogen-bond donors (Lipinski definition) is 1. The number of hydrogen-bond acceptors (Lipinski definition) is 2. The molecule has 0 aliphatic carbocycles. The van der Waals surface area contributed by atoms with Crippen LogP contribution in [-0.4, -0.2) is 19.7 Å². The van der Waals surface area contributed by atoms with E-state index in [4.69, 9.17) is 4.74 Å². The standard InChI is InChI=1S/C11H14FNO/c12-10-1-3-11(4-2-10)14-8-9-5-6-13-7-9/h1-4,9,13H,5-8H2/t9-/m0/s1. The van der Waals surface area contributed by atoms with Crippen molar-refractivity contribution in [3.8, 4) is 5.75 Å². The molecule has 1 heterocycles. The van der Waals surface area contributed by atoms with Crippen LogP contribution in [0.25, 0.3) is 0 Å². The van der Waals surface area contributed by atoms with Crippen LogP contribution in [0.1, 0.15) is 6.42 Å². The minimum atomic E-state index is -0.222. The molecular weight excluding hydrogens is 181 g/mol. The van der Waals surface area contributed by atoms with Crippen molar-refractivity contribution in [2.24, 2.45) is 5.92 Å². The minimum absolute atomic E-state index is 0.222. The van der Waals surface area contributed by atoms with E-state index in [1.807, 2.05) is 0 Å². The van der Waals surface area contributed by atoms with Gasteiger partial charge in [0.1, 0.15) is 11.6 Å². The Labute approximate surface area is 83.1 Å². The second-order valence-corrected chi connectivity index (χ2v) is 3.62. The van der Waals surface area contributed by atoms with Crippen molar-refractivity contribution in [2.75, 3.05) is 19.7 Å². The third-order valence-corrected chi connectivity index (χ3v) is 2.46. The van der Waals surface area contributed by atoms with Gasteiger partial charge in [0.2, 0.25) is 0 Å². The fourth-order valence-corrected chi connectivity index (χ4v) is 1.60. The van der Waals surface area contributed by atoms with Crippen LogP contribution in [0, 0.1) is 11.7 Å². The van der Waals surface area contributed by atoms with Crippen molar-refractivity contribution in [1.29, 1.82) is 0 Å². The van der Waals surface area contributed by atoms with Crippen LogP contribution < -0.4 is 10.1 Å². The maximum absolute atomic E-state index is 12.6. The highest BCUT2D eigenvalue weighted by atomic mass is 19.1. The summed E-state index contributed by atoms with van der Waals surface area (Å²) in [5.41, 5.74) is 0. The lowest BCUT2D eigenvalue weighted by molar-refractivity contribution is 0.260. The zero-order valence-corrected chi connectivity index (χ0v) is 8.00. The molecule has 1 aliphatic rings. The Morgan fingerprint density at radius 3 is 2.79 bits per heavy atom. The van der Waals surface area contributed by atoms with E-state index in [-0.39, 0.29) is 5.82 Å². The molecule has 1 atom stereocenters. The Morgan fingerprint density at radius 1 is 1.36 bits per heavy atom. The smallest absolute Gasteiger partial charge is 0.123 e. The molecule has 76 valence electrons. The van der Waals surface area contributed by atoms with Crippen LogP contribution >= 0.6 is 0 Å². The summed E-state index contributed by atoms with van der Waals surface area (Å²) in [5.74, 6) is 1.12. The average molecular weight is 195 g/mol. The Hall–Kier alpha value is -1.09. The second-order valence-electron chi connectivity index (χ2n) is 3.62. The van der Waals surface area contributed by atoms with Gasteiger partial charge in [-0.3, -0.25) is 0 Å². The SMILES string of the molecule is Fc1ccc(OC[C@H]2CCNC2)cc1. The predicted octanol–water partition coefficient (Wildman–Crippen LogP) is 1.81. The first-order valence-electron chi connectivity index (χ1n) is 4.94. The van der Waals surface area contributed by atoms with Gasteiger partial charge in [0.25, 0.3) is 0 Å². The van der Waals surface area contributed by atoms with Crippen LogP contribution in [0.2, 0.25) is 0 Å². The summed E-state index contributed by atoms with van der Waals surface area (Å²) in [6, 6.07) is 6.17. The molecule has 0 bridgehead atoms. The number of nitrogens with one attached hydrogen (secondary N) is 1. The zero-order valence-electron chi connectivity index (χ0n) is 8.00. The fourth-order valence-electron chi connectivity index (χ4n) is 1.60. The first-order valence-corrected chi connectivity index (χ1v) is 4.94. The topological polar surface area (TPSA) is 21.3 Å². The van der Waals surface area contributed by atoms with Crippen LogP contribution in [0.4, 0.5) is 4.39 Å². The minimum Gasteiger partial charge on any atom is -0.493 e. The summed E-state index contributed by atoms with van der Waals surface area (Å²) in [6.45, 7) is 2.83. The van der Waals surface area contributed by atoms with Crippen molar-refractivity contribution in [3.63, 3.8) is 0 Å². The molecule has 1 fully saturated rings. The van der Waals surface area contributed by atoms with Gasteiger partial charge in [-0.1, -0.05) is 0 Å². The molecule has 14 heavy (non-hydrogen) atoms. The van der Waals surface area contributed by atoms with E-state index in [9.17, 15) is 4.39 Å². The molecule has 2 nitrogen and oxygen atoms in total. The van der Waals surface area contributed by atoms with Crippen molar-refractivity contribution >= 4 is 0 Å². The molecule has 0 spiro atoms. The Balaban J connectivity index is 1.82. The Kier molecular flexibility index (Phi) is 2.99. The van der Waals surface area contributed by atoms with E-state index in [0.717, 1.165) is 25.4 Å². The summed E-state index contributed by atoms with van der Waals surface area (Å²) in [7, 11) is 0. The van der Waals surface area contributed by atoms with Gasteiger partial charge in [-0.05, 0) is 37.2 Å². The number of rotatable bonds is 3. The van der Waals surface area contributed by atoms with Crippen molar-refractivity contribution in [1.82, 2.24) is 5.32 Å². The number of halogens is 1. The molecule has 1 aromatic carbocycles. The van der Waals surface area contributed by atoms with E-state index >= 15 is 0 Å². The molecule has 0 amide bonds. The van der Waals surface area contributed by atoms with Gasteiger partial charge < -0.3 is 10.1 Å².